The van der Waals surface area contributed by atoms with E-state index < -0.39 is 11.9 Å². The third kappa shape index (κ3) is 3.68. The van der Waals surface area contributed by atoms with Crippen molar-refractivity contribution in [2.75, 3.05) is 5.32 Å². The Balaban J connectivity index is 1.80. The van der Waals surface area contributed by atoms with E-state index in [2.05, 4.69) is 15.6 Å². The molecule has 128 valence electrons. The Labute approximate surface area is 145 Å². The van der Waals surface area contributed by atoms with Crippen molar-refractivity contribution in [3.05, 3.63) is 60.7 Å². The van der Waals surface area contributed by atoms with Crippen LogP contribution in [0.4, 0.5) is 5.69 Å². The van der Waals surface area contributed by atoms with Gasteiger partial charge in [0.15, 0.2) is 5.76 Å². The lowest BCUT2D eigenvalue weighted by molar-refractivity contribution is -0.118. The summed E-state index contributed by atoms with van der Waals surface area (Å²) in [5.41, 5.74) is 1.45. The maximum Gasteiger partial charge on any atom is 0.287 e. The summed E-state index contributed by atoms with van der Waals surface area (Å²) in [6, 6.07) is 11.7. The summed E-state index contributed by atoms with van der Waals surface area (Å²) in [5.74, 6) is -0.621. The van der Waals surface area contributed by atoms with Gasteiger partial charge in [-0.15, -0.1) is 0 Å². The molecular weight excluding hydrogens is 318 g/mol. The van der Waals surface area contributed by atoms with E-state index in [9.17, 15) is 9.59 Å². The first-order chi connectivity index (χ1) is 12.1. The van der Waals surface area contributed by atoms with E-state index in [1.54, 1.807) is 18.3 Å². The van der Waals surface area contributed by atoms with Gasteiger partial charge in [0.2, 0.25) is 5.91 Å². The predicted octanol–water partition coefficient (Wildman–Crippen LogP) is 3.22. The first-order valence-corrected chi connectivity index (χ1v) is 8.05. The van der Waals surface area contributed by atoms with Crippen LogP contribution in [0.15, 0.2) is 59.3 Å². The summed E-state index contributed by atoms with van der Waals surface area (Å²) in [7, 11) is 0. The predicted molar refractivity (Wildman–Crippen MR) is 95.2 cm³/mol. The Morgan fingerprint density at radius 2 is 1.92 bits per heavy atom. The van der Waals surface area contributed by atoms with Crippen molar-refractivity contribution in [3.63, 3.8) is 0 Å². The van der Waals surface area contributed by atoms with Crippen molar-refractivity contribution in [1.82, 2.24) is 10.3 Å². The molecule has 0 aliphatic rings. The number of benzene rings is 1. The number of aromatic nitrogens is 1. The number of amides is 2. The quantitative estimate of drug-likeness (QED) is 0.749. The summed E-state index contributed by atoms with van der Waals surface area (Å²) in [6.07, 6.45) is 3.12. The second-order valence-electron chi connectivity index (χ2n) is 6.04. The van der Waals surface area contributed by atoms with Gasteiger partial charge >= 0.3 is 0 Å². The normalized spacial score (nSPS) is 12.1. The van der Waals surface area contributed by atoms with E-state index in [0.717, 1.165) is 10.9 Å². The van der Waals surface area contributed by atoms with Gasteiger partial charge in [-0.3, -0.25) is 14.6 Å². The molecule has 0 spiro atoms. The number of rotatable bonds is 5. The van der Waals surface area contributed by atoms with Crippen LogP contribution < -0.4 is 10.6 Å². The zero-order valence-electron chi connectivity index (χ0n) is 14.0. The Bertz CT molecular complexity index is 883. The fourth-order valence-electron chi connectivity index (χ4n) is 2.58. The zero-order valence-corrected chi connectivity index (χ0v) is 14.0. The molecule has 25 heavy (non-hydrogen) atoms. The Morgan fingerprint density at radius 3 is 2.64 bits per heavy atom. The van der Waals surface area contributed by atoms with Crippen LogP contribution in [0.25, 0.3) is 10.9 Å². The summed E-state index contributed by atoms with van der Waals surface area (Å²) in [5, 5.41) is 6.46. The van der Waals surface area contributed by atoms with E-state index in [4.69, 9.17) is 4.42 Å². The lowest BCUT2D eigenvalue weighted by atomic mass is 10.0. The molecule has 0 radical (unpaired) electrons. The van der Waals surface area contributed by atoms with Crippen LogP contribution in [0.3, 0.4) is 0 Å². The van der Waals surface area contributed by atoms with Crippen LogP contribution in [0.5, 0.6) is 0 Å². The number of carbonyl (C=O) groups excluding carboxylic acids is 2. The Hall–Kier alpha value is -3.15. The first-order valence-electron chi connectivity index (χ1n) is 8.05. The lowest BCUT2D eigenvalue weighted by Crippen LogP contribution is -2.47. The topological polar surface area (TPSA) is 84.2 Å². The molecule has 2 heterocycles. The van der Waals surface area contributed by atoms with E-state index >= 15 is 0 Å². The van der Waals surface area contributed by atoms with Gasteiger partial charge in [0, 0.05) is 11.6 Å². The van der Waals surface area contributed by atoms with Crippen LogP contribution in [-0.2, 0) is 4.79 Å². The largest absolute Gasteiger partial charge is 0.459 e. The summed E-state index contributed by atoms with van der Waals surface area (Å²) >= 11 is 0. The molecule has 1 atom stereocenters. The van der Waals surface area contributed by atoms with E-state index in [1.165, 1.54) is 6.26 Å². The van der Waals surface area contributed by atoms with Gasteiger partial charge in [-0.25, -0.2) is 0 Å². The van der Waals surface area contributed by atoms with Crippen molar-refractivity contribution in [1.29, 1.82) is 0 Å². The molecule has 0 unspecified atom stereocenters. The second kappa shape index (κ2) is 7.17. The van der Waals surface area contributed by atoms with Gasteiger partial charge in [-0.2, -0.15) is 0 Å². The van der Waals surface area contributed by atoms with Crippen molar-refractivity contribution >= 4 is 28.4 Å². The molecule has 0 saturated heterocycles. The average Bonchev–Trinajstić information content (AvgIpc) is 3.14. The third-order valence-electron chi connectivity index (χ3n) is 3.88. The fourth-order valence-corrected chi connectivity index (χ4v) is 2.58. The van der Waals surface area contributed by atoms with Crippen molar-refractivity contribution in [2.45, 2.75) is 19.9 Å². The molecule has 0 fully saturated rings. The van der Waals surface area contributed by atoms with Crippen molar-refractivity contribution in [2.24, 2.45) is 5.92 Å². The minimum Gasteiger partial charge on any atom is -0.459 e. The molecule has 3 aromatic rings. The van der Waals surface area contributed by atoms with Gasteiger partial charge in [-0.05, 0) is 42.3 Å². The third-order valence-corrected chi connectivity index (χ3v) is 3.88. The molecule has 1 aromatic carbocycles. The molecule has 2 N–H and O–H groups in total. The maximum atomic E-state index is 12.7. The van der Waals surface area contributed by atoms with Crippen LogP contribution in [0.1, 0.15) is 24.4 Å². The fraction of sp³-hybridized carbons (Fsp3) is 0.211. The molecule has 6 nitrogen and oxygen atoms in total. The van der Waals surface area contributed by atoms with Gasteiger partial charge < -0.3 is 15.1 Å². The number of hydrogen-bond donors (Lipinski definition) is 2. The molecule has 0 saturated carbocycles. The van der Waals surface area contributed by atoms with Crippen LogP contribution in [0.2, 0.25) is 0 Å². The molecule has 2 amide bonds. The summed E-state index contributed by atoms with van der Waals surface area (Å²) in [4.78, 5) is 29.2. The zero-order chi connectivity index (χ0) is 17.8. The highest BCUT2D eigenvalue weighted by Crippen LogP contribution is 2.22. The van der Waals surface area contributed by atoms with Crippen LogP contribution in [-0.4, -0.2) is 22.8 Å². The van der Waals surface area contributed by atoms with E-state index in [1.807, 2.05) is 44.2 Å². The molecule has 0 aliphatic carbocycles. The maximum absolute atomic E-state index is 12.7. The monoisotopic (exact) mass is 337 g/mol. The first kappa shape index (κ1) is 16.7. The lowest BCUT2D eigenvalue weighted by Gasteiger charge is -2.21. The minimum atomic E-state index is -0.690. The Kier molecular flexibility index (Phi) is 4.79. The highest BCUT2D eigenvalue weighted by molar-refractivity contribution is 6.04. The number of pyridine rings is 1. The highest BCUT2D eigenvalue weighted by atomic mass is 16.3. The van der Waals surface area contributed by atoms with E-state index in [-0.39, 0.29) is 17.6 Å². The summed E-state index contributed by atoms with van der Waals surface area (Å²) < 4.78 is 5.08. The molecular formula is C19H19N3O3. The number of nitrogens with one attached hydrogen (secondary N) is 2. The molecule has 2 aromatic heterocycles. The summed E-state index contributed by atoms with van der Waals surface area (Å²) in [6.45, 7) is 3.74. The number of furan rings is 1. The minimum absolute atomic E-state index is 0.0907. The van der Waals surface area contributed by atoms with Gasteiger partial charge in [-0.1, -0.05) is 19.9 Å². The SMILES string of the molecule is CC(C)[C@@H](NC(=O)c1ccco1)C(=O)Nc1cccc2ncccc12. The second-order valence-corrected chi connectivity index (χ2v) is 6.04. The Morgan fingerprint density at radius 1 is 1.08 bits per heavy atom. The molecule has 0 bridgehead atoms. The van der Waals surface area contributed by atoms with Gasteiger partial charge in [0.25, 0.3) is 5.91 Å². The average molecular weight is 337 g/mol. The van der Waals surface area contributed by atoms with Gasteiger partial charge in [0.05, 0.1) is 17.5 Å². The van der Waals surface area contributed by atoms with Gasteiger partial charge in [0.1, 0.15) is 6.04 Å². The number of carbonyl (C=O) groups is 2. The van der Waals surface area contributed by atoms with Crippen molar-refractivity contribution in [3.8, 4) is 0 Å². The number of fused-ring (bicyclic) bond motifs is 1. The van der Waals surface area contributed by atoms with Crippen LogP contribution >= 0.6 is 0 Å². The van der Waals surface area contributed by atoms with Crippen LogP contribution in [0, 0.1) is 5.92 Å². The highest BCUT2D eigenvalue weighted by Gasteiger charge is 2.26. The standard InChI is InChI=1S/C19H19N3O3/c1-12(2)17(22-18(23)16-9-5-11-25-16)19(24)21-15-8-3-7-14-13(15)6-4-10-20-14/h3-12,17H,1-2H3,(H,21,24)(H,22,23)/t17-/m1/s1. The molecule has 3 rings (SSSR count). The molecule has 0 aliphatic heterocycles. The number of hydrogen-bond acceptors (Lipinski definition) is 4. The van der Waals surface area contributed by atoms with E-state index in [0.29, 0.717) is 5.69 Å². The smallest absolute Gasteiger partial charge is 0.287 e. The molecule has 6 heteroatoms. The number of anilines is 1. The number of nitrogens with zero attached hydrogens (tertiary/aromatic N) is 1. The van der Waals surface area contributed by atoms with Crippen molar-refractivity contribution < 1.29 is 14.0 Å².